The highest BCUT2D eigenvalue weighted by Crippen LogP contribution is 2.54. The Kier molecular flexibility index (Phi) is 3.00. The molecule has 0 radical (unpaired) electrons. The molecule has 1 aliphatic heterocycles. The van der Waals surface area contributed by atoms with E-state index in [1.165, 1.54) is 44.5 Å². The van der Waals surface area contributed by atoms with E-state index in [-0.39, 0.29) is 0 Å². The van der Waals surface area contributed by atoms with Crippen LogP contribution in [0.25, 0.3) is 0 Å². The number of nitrogens with zero attached hydrogens (tertiary/aromatic N) is 1. The first-order chi connectivity index (χ1) is 8.06. The van der Waals surface area contributed by atoms with Gasteiger partial charge in [-0.25, -0.2) is 0 Å². The van der Waals surface area contributed by atoms with Crippen LogP contribution in [-0.4, -0.2) is 40.6 Å². The van der Waals surface area contributed by atoms with Gasteiger partial charge in [0.05, 0.1) is 0 Å². The Morgan fingerprint density at radius 1 is 1.35 bits per heavy atom. The van der Waals surface area contributed by atoms with Crippen LogP contribution in [0.15, 0.2) is 0 Å². The summed E-state index contributed by atoms with van der Waals surface area (Å²) in [4.78, 5) is 2.77. The first kappa shape index (κ1) is 12.3. The lowest BCUT2D eigenvalue weighted by molar-refractivity contribution is 0.0377. The second-order valence-corrected chi connectivity index (χ2v) is 8.72. The Morgan fingerprint density at radius 2 is 2.18 bits per heavy atom. The van der Waals surface area contributed by atoms with E-state index in [0.29, 0.717) is 10.3 Å². The van der Waals surface area contributed by atoms with Crippen molar-refractivity contribution in [3.8, 4) is 0 Å². The molecular weight excluding hydrogens is 228 g/mol. The number of thioether (sulfide) groups is 1. The minimum Gasteiger partial charge on any atom is -0.329 e. The number of hydrogen-bond donors (Lipinski definition) is 1. The number of rotatable bonds is 2. The molecule has 17 heavy (non-hydrogen) atoms. The molecule has 2 N–H and O–H groups in total. The molecule has 2 bridgehead atoms. The van der Waals surface area contributed by atoms with Crippen molar-refractivity contribution >= 4 is 11.8 Å². The van der Waals surface area contributed by atoms with Gasteiger partial charge in [0.2, 0.25) is 0 Å². The molecule has 3 atom stereocenters. The monoisotopic (exact) mass is 254 g/mol. The van der Waals surface area contributed by atoms with Gasteiger partial charge in [-0.2, -0.15) is 11.8 Å². The highest BCUT2D eigenvalue weighted by molar-refractivity contribution is 8.00. The van der Waals surface area contributed by atoms with E-state index in [1.54, 1.807) is 0 Å². The topological polar surface area (TPSA) is 29.3 Å². The van der Waals surface area contributed by atoms with Crippen LogP contribution in [0.4, 0.5) is 0 Å². The van der Waals surface area contributed by atoms with Crippen molar-refractivity contribution < 1.29 is 0 Å². The maximum atomic E-state index is 6.23. The molecule has 1 heterocycles. The van der Waals surface area contributed by atoms with Crippen LogP contribution in [0.1, 0.15) is 39.5 Å². The van der Waals surface area contributed by atoms with E-state index in [4.69, 9.17) is 5.73 Å². The van der Waals surface area contributed by atoms with Gasteiger partial charge in [-0.3, -0.25) is 4.90 Å². The van der Waals surface area contributed by atoms with Crippen LogP contribution < -0.4 is 5.73 Å². The first-order valence-corrected chi connectivity index (χ1v) is 8.13. The number of hydrogen-bond acceptors (Lipinski definition) is 3. The summed E-state index contributed by atoms with van der Waals surface area (Å²) in [5.74, 6) is 3.17. The molecule has 2 saturated carbocycles. The van der Waals surface area contributed by atoms with Gasteiger partial charge in [-0.1, -0.05) is 6.42 Å². The fourth-order valence-electron chi connectivity index (χ4n) is 4.58. The van der Waals surface area contributed by atoms with Crippen LogP contribution in [-0.2, 0) is 0 Å². The van der Waals surface area contributed by atoms with Crippen LogP contribution in [0, 0.1) is 11.8 Å². The molecule has 3 rings (SSSR count). The lowest BCUT2D eigenvalue weighted by atomic mass is 9.79. The Bertz CT molecular complexity index is 305. The van der Waals surface area contributed by atoms with Crippen molar-refractivity contribution in [2.45, 2.75) is 49.8 Å². The second-order valence-electron chi connectivity index (χ2n) is 6.92. The zero-order valence-corrected chi connectivity index (χ0v) is 12.1. The molecule has 0 spiro atoms. The van der Waals surface area contributed by atoms with E-state index in [9.17, 15) is 0 Å². The SMILES string of the molecule is CC1(C)CN(C2(CN)CC3CCC2C3)CCS1. The lowest BCUT2D eigenvalue weighted by Crippen LogP contribution is -2.62. The summed E-state index contributed by atoms with van der Waals surface area (Å²) in [6, 6.07) is 0. The smallest absolute Gasteiger partial charge is 0.0363 e. The van der Waals surface area contributed by atoms with Gasteiger partial charge in [0.15, 0.2) is 0 Å². The lowest BCUT2D eigenvalue weighted by Gasteiger charge is -2.51. The molecule has 3 aliphatic rings. The summed E-state index contributed by atoms with van der Waals surface area (Å²) >= 11 is 2.13. The summed E-state index contributed by atoms with van der Waals surface area (Å²) in [6.07, 6.45) is 5.75. The zero-order valence-electron chi connectivity index (χ0n) is 11.2. The molecule has 98 valence electrons. The van der Waals surface area contributed by atoms with E-state index < -0.39 is 0 Å². The summed E-state index contributed by atoms with van der Waals surface area (Å²) in [5.41, 5.74) is 6.60. The second kappa shape index (κ2) is 4.14. The quantitative estimate of drug-likeness (QED) is 0.820. The average Bonchev–Trinajstić information content (AvgIpc) is 2.87. The highest BCUT2D eigenvalue weighted by Gasteiger charge is 2.54. The normalized spacial score (nSPS) is 45.4. The van der Waals surface area contributed by atoms with Crippen molar-refractivity contribution in [2.75, 3.05) is 25.4 Å². The van der Waals surface area contributed by atoms with Gasteiger partial charge >= 0.3 is 0 Å². The summed E-state index contributed by atoms with van der Waals surface area (Å²) in [5, 5.41) is 0. The van der Waals surface area contributed by atoms with E-state index >= 15 is 0 Å². The largest absolute Gasteiger partial charge is 0.329 e. The van der Waals surface area contributed by atoms with Gasteiger partial charge in [0.25, 0.3) is 0 Å². The van der Waals surface area contributed by atoms with Gasteiger partial charge in [-0.05, 0) is 44.9 Å². The Morgan fingerprint density at radius 3 is 2.71 bits per heavy atom. The maximum Gasteiger partial charge on any atom is 0.0363 e. The molecule has 1 saturated heterocycles. The molecule has 3 fully saturated rings. The number of fused-ring (bicyclic) bond motifs is 2. The molecule has 2 nitrogen and oxygen atoms in total. The van der Waals surface area contributed by atoms with Gasteiger partial charge in [0.1, 0.15) is 0 Å². The minimum absolute atomic E-state index is 0.376. The maximum absolute atomic E-state index is 6.23. The molecule has 0 aromatic carbocycles. The van der Waals surface area contributed by atoms with Crippen LogP contribution >= 0.6 is 11.8 Å². The van der Waals surface area contributed by atoms with Crippen LogP contribution in [0.2, 0.25) is 0 Å². The molecule has 3 unspecified atom stereocenters. The Hall–Kier alpha value is 0.270. The summed E-state index contributed by atoms with van der Waals surface area (Å²) in [7, 11) is 0. The third kappa shape index (κ3) is 1.95. The fourth-order valence-corrected chi connectivity index (χ4v) is 5.69. The van der Waals surface area contributed by atoms with Crippen LogP contribution in [0.3, 0.4) is 0 Å². The van der Waals surface area contributed by atoms with Crippen molar-refractivity contribution in [1.29, 1.82) is 0 Å². The van der Waals surface area contributed by atoms with Crippen molar-refractivity contribution in [1.82, 2.24) is 4.90 Å². The molecule has 3 heteroatoms. The van der Waals surface area contributed by atoms with Crippen LogP contribution in [0.5, 0.6) is 0 Å². The van der Waals surface area contributed by atoms with Gasteiger partial charge < -0.3 is 5.73 Å². The van der Waals surface area contributed by atoms with Crippen molar-refractivity contribution in [3.05, 3.63) is 0 Å². The van der Waals surface area contributed by atoms with E-state index in [0.717, 1.165) is 18.4 Å². The summed E-state index contributed by atoms with van der Waals surface area (Å²) < 4.78 is 0.419. The van der Waals surface area contributed by atoms with Gasteiger partial charge in [0, 0.05) is 35.7 Å². The van der Waals surface area contributed by atoms with Crippen molar-refractivity contribution in [2.24, 2.45) is 17.6 Å². The summed E-state index contributed by atoms with van der Waals surface area (Å²) in [6.45, 7) is 8.16. The molecular formula is C14H26N2S. The van der Waals surface area contributed by atoms with Gasteiger partial charge in [-0.15, -0.1) is 0 Å². The highest BCUT2D eigenvalue weighted by atomic mass is 32.2. The average molecular weight is 254 g/mol. The predicted octanol–water partition coefficient (Wildman–Crippen LogP) is 2.33. The van der Waals surface area contributed by atoms with Crippen molar-refractivity contribution in [3.63, 3.8) is 0 Å². The molecule has 0 amide bonds. The van der Waals surface area contributed by atoms with E-state index in [2.05, 4.69) is 30.5 Å². The molecule has 0 aromatic rings. The Labute approximate surface area is 110 Å². The zero-order chi connectivity index (χ0) is 12.1. The minimum atomic E-state index is 0.376. The Balaban J connectivity index is 1.81. The third-order valence-corrected chi connectivity index (χ3v) is 6.65. The fraction of sp³-hybridized carbons (Fsp3) is 1.00. The standard InChI is InChI=1S/C14H26N2S/c1-13(2)10-16(5-6-17-13)14(9-15)8-11-3-4-12(14)7-11/h11-12H,3-10,15H2,1-2H3. The number of nitrogens with two attached hydrogens (primary N) is 1. The molecule has 0 aromatic heterocycles. The predicted molar refractivity (Wildman–Crippen MR) is 75.3 cm³/mol. The first-order valence-electron chi connectivity index (χ1n) is 7.15. The molecule has 2 aliphatic carbocycles. The third-order valence-electron chi connectivity index (χ3n) is 5.35. The van der Waals surface area contributed by atoms with E-state index in [1.807, 2.05) is 0 Å².